The van der Waals surface area contributed by atoms with Crippen LogP contribution in [0.4, 0.5) is 11.4 Å². The summed E-state index contributed by atoms with van der Waals surface area (Å²) in [4.78, 5) is 14.8. The Morgan fingerprint density at radius 3 is 2.67 bits per heavy atom. The Hall–Kier alpha value is -1.55. The summed E-state index contributed by atoms with van der Waals surface area (Å²) >= 11 is 0. The van der Waals surface area contributed by atoms with E-state index in [1.807, 2.05) is 6.07 Å². The molecule has 0 radical (unpaired) electrons. The largest absolute Gasteiger partial charge is 0.372 e. The summed E-state index contributed by atoms with van der Waals surface area (Å²) in [5.74, 6) is 0.640. The van der Waals surface area contributed by atoms with Crippen molar-refractivity contribution in [2.24, 2.45) is 11.8 Å². The van der Waals surface area contributed by atoms with Crippen LogP contribution >= 0.6 is 0 Å². The van der Waals surface area contributed by atoms with E-state index in [0.717, 1.165) is 37.4 Å². The summed E-state index contributed by atoms with van der Waals surface area (Å²) in [6.07, 6.45) is 2.56. The van der Waals surface area contributed by atoms with Crippen molar-refractivity contribution in [1.29, 1.82) is 0 Å². The molecule has 3 rings (SSSR count). The molecule has 1 aromatic carbocycles. The van der Waals surface area contributed by atoms with Crippen LogP contribution < -0.4 is 15.5 Å². The van der Waals surface area contributed by atoms with Crippen molar-refractivity contribution >= 4 is 17.3 Å². The molecule has 0 saturated carbocycles. The molecule has 4 nitrogen and oxygen atoms in total. The van der Waals surface area contributed by atoms with E-state index in [2.05, 4.69) is 41.5 Å². The first-order valence-electron chi connectivity index (χ1n) is 8.02. The highest BCUT2D eigenvalue weighted by Gasteiger charge is 2.29. The van der Waals surface area contributed by atoms with Crippen LogP contribution in [0.25, 0.3) is 0 Å². The van der Waals surface area contributed by atoms with Crippen LogP contribution in [0.3, 0.4) is 0 Å². The Bertz CT molecular complexity index is 523. The fourth-order valence-corrected chi connectivity index (χ4v) is 3.35. The Labute approximate surface area is 126 Å². The lowest BCUT2D eigenvalue weighted by Gasteiger charge is -2.20. The van der Waals surface area contributed by atoms with Gasteiger partial charge in [-0.3, -0.25) is 4.79 Å². The number of aryl methyl sites for hydroxylation is 1. The van der Waals surface area contributed by atoms with Gasteiger partial charge in [0.15, 0.2) is 0 Å². The molecule has 2 fully saturated rings. The smallest absolute Gasteiger partial charge is 0.229 e. The molecule has 2 aliphatic heterocycles. The molecule has 1 amide bonds. The fraction of sp³-hybridized carbons (Fsp3) is 0.588. The molecule has 0 aromatic heterocycles. The number of rotatable bonds is 3. The molecule has 2 N–H and O–H groups in total. The number of amides is 1. The lowest BCUT2D eigenvalue weighted by atomic mass is 9.97. The average Bonchev–Trinajstić information content (AvgIpc) is 3.12. The summed E-state index contributed by atoms with van der Waals surface area (Å²) in [5.41, 5.74) is 3.37. The lowest BCUT2D eigenvalue weighted by Crippen LogP contribution is -2.28. The van der Waals surface area contributed by atoms with Gasteiger partial charge in [0, 0.05) is 31.0 Å². The Balaban J connectivity index is 1.69. The first-order chi connectivity index (χ1) is 10.1. The van der Waals surface area contributed by atoms with Crippen molar-refractivity contribution < 1.29 is 4.79 Å². The summed E-state index contributed by atoms with van der Waals surface area (Å²) in [5, 5.41) is 6.38. The van der Waals surface area contributed by atoms with Crippen molar-refractivity contribution in [3.63, 3.8) is 0 Å². The minimum absolute atomic E-state index is 0.0858. The number of carbonyl (C=O) groups is 1. The molecule has 2 atom stereocenters. The Morgan fingerprint density at radius 2 is 2.05 bits per heavy atom. The van der Waals surface area contributed by atoms with E-state index in [1.54, 1.807) is 0 Å². The van der Waals surface area contributed by atoms with Gasteiger partial charge in [-0.1, -0.05) is 6.92 Å². The zero-order valence-corrected chi connectivity index (χ0v) is 13.0. The topological polar surface area (TPSA) is 44.4 Å². The Morgan fingerprint density at radius 1 is 1.29 bits per heavy atom. The molecule has 4 heteroatoms. The van der Waals surface area contributed by atoms with E-state index in [4.69, 9.17) is 0 Å². The summed E-state index contributed by atoms with van der Waals surface area (Å²) < 4.78 is 0. The van der Waals surface area contributed by atoms with Gasteiger partial charge in [0.05, 0.1) is 5.92 Å². The second kappa shape index (κ2) is 6.06. The first-order valence-corrected chi connectivity index (χ1v) is 8.02. The second-order valence-electron chi connectivity index (χ2n) is 6.42. The van der Waals surface area contributed by atoms with Gasteiger partial charge in [-0.2, -0.15) is 0 Å². The lowest BCUT2D eigenvalue weighted by molar-refractivity contribution is -0.120. The monoisotopic (exact) mass is 287 g/mol. The number of benzene rings is 1. The van der Waals surface area contributed by atoms with E-state index < -0.39 is 0 Å². The first kappa shape index (κ1) is 14.4. The van der Waals surface area contributed by atoms with Crippen LogP contribution in [0.15, 0.2) is 18.2 Å². The molecular weight excluding hydrogens is 262 g/mol. The molecule has 0 unspecified atom stereocenters. The zero-order chi connectivity index (χ0) is 14.8. The van der Waals surface area contributed by atoms with Crippen molar-refractivity contribution in [2.75, 3.05) is 36.4 Å². The summed E-state index contributed by atoms with van der Waals surface area (Å²) in [6, 6.07) is 6.37. The van der Waals surface area contributed by atoms with Gasteiger partial charge < -0.3 is 15.5 Å². The normalized spacial score (nSPS) is 25.3. The summed E-state index contributed by atoms with van der Waals surface area (Å²) in [7, 11) is 0. The zero-order valence-electron chi connectivity index (χ0n) is 13.0. The minimum Gasteiger partial charge on any atom is -0.372 e. The summed E-state index contributed by atoms with van der Waals surface area (Å²) in [6.45, 7) is 8.23. The number of anilines is 2. The highest BCUT2D eigenvalue weighted by atomic mass is 16.1. The molecule has 114 valence electrons. The van der Waals surface area contributed by atoms with Gasteiger partial charge in [0.1, 0.15) is 0 Å². The van der Waals surface area contributed by atoms with Crippen molar-refractivity contribution in [2.45, 2.75) is 26.7 Å². The fourth-order valence-electron chi connectivity index (χ4n) is 3.35. The van der Waals surface area contributed by atoms with Crippen LogP contribution in [-0.4, -0.2) is 32.1 Å². The quantitative estimate of drug-likeness (QED) is 0.897. The van der Waals surface area contributed by atoms with Gasteiger partial charge in [-0.25, -0.2) is 0 Å². The van der Waals surface area contributed by atoms with E-state index in [9.17, 15) is 4.79 Å². The van der Waals surface area contributed by atoms with Crippen molar-refractivity contribution in [3.8, 4) is 0 Å². The third-order valence-corrected chi connectivity index (χ3v) is 4.79. The number of nitrogens with one attached hydrogen (secondary N) is 2. The van der Waals surface area contributed by atoms with E-state index in [1.165, 1.54) is 18.5 Å². The van der Waals surface area contributed by atoms with Crippen LogP contribution in [0.5, 0.6) is 0 Å². The van der Waals surface area contributed by atoms with Crippen LogP contribution in [0.1, 0.15) is 25.3 Å². The van der Waals surface area contributed by atoms with Crippen LogP contribution in [-0.2, 0) is 4.79 Å². The van der Waals surface area contributed by atoms with E-state index in [-0.39, 0.29) is 11.8 Å². The molecule has 2 heterocycles. The predicted molar refractivity (Wildman–Crippen MR) is 86.8 cm³/mol. The highest BCUT2D eigenvalue weighted by Crippen LogP contribution is 2.26. The van der Waals surface area contributed by atoms with E-state index in [0.29, 0.717) is 5.92 Å². The van der Waals surface area contributed by atoms with Crippen molar-refractivity contribution in [3.05, 3.63) is 23.8 Å². The SMILES string of the molecule is Cc1cc(N2CCCC2)ccc1NC(=O)[C@@H]1CNC[C@H]1C. The van der Waals surface area contributed by atoms with Gasteiger partial charge in [0.25, 0.3) is 0 Å². The molecule has 2 saturated heterocycles. The van der Waals surface area contributed by atoms with E-state index >= 15 is 0 Å². The third kappa shape index (κ3) is 3.05. The number of hydrogen-bond acceptors (Lipinski definition) is 3. The minimum atomic E-state index is 0.0858. The van der Waals surface area contributed by atoms with Gasteiger partial charge in [0.2, 0.25) is 5.91 Å². The molecule has 0 spiro atoms. The second-order valence-corrected chi connectivity index (χ2v) is 6.42. The van der Waals surface area contributed by atoms with Gasteiger partial charge >= 0.3 is 0 Å². The molecular formula is C17H25N3O. The van der Waals surface area contributed by atoms with Gasteiger partial charge in [-0.05, 0) is 56.0 Å². The number of carbonyl (C=O) groups excluding carboxylic acids is 1. The molecule has 0 bridgehead atoms. The average molecular weight is 287 g/mol. The number of hydrogen-bond donors (Lipinski definition) is 2. The maximum atomic E-state index is 12.4. The maximum Gasteiger partial charge on any atom is 0.229 e. The maximum absolute atomic E-state index is 12.4. The van der Waals surface area contributed by atoms with Crippen LogP contribution in [0.2, 0.25) is 0 Å². The molecule has 0 aliphatic carbocycles. The molecule has 21 heavy (non-hydrogen) atoms. The third-order valence-electron chi connectivity index (χ3n) is 4.79. The molecule has 1 aromatic rings. The number of nitrogens with zero attached hydrogens (tertiary/aromatic N) is 1. The van der Waals surface area contributed by atoms with Crippen molar-refractivity contribution in [1.82, 2.24) is 5.32 Å². The molecule has 2 aliphatic rings. The standard InChI is InChI=1S/C17H25N3O/c1-12-9-14(20-7-3-4-8-20)5-6-16(12)19-17(21)15-11-18-10-13(15)2/h5-6,9,13,15,18H,3-4,7-8,10-11H2,1-2H3,(H,19,21)/t13-,15-/m1/s1. The van der Waals surface area contributed by atoms with Gasteiger partial charge in [-0.15, -0.1) is 0 Å². The van der Waals surface area contributed by atoms with Crippen LogP contribution in [0, 0.1) is 18.8 Å². The Kier molecular flexibility index (Phi) is 4.15. The predicted octanol–water partition coefficient (Wildman–Crippen LogP) is 2.39. The highest BCUT2D eigenvalue weighted by molar-refractivity contribution is 5.94.